The highest BCUT2D eigenvalue weighted by molar-refractivity contribution is 6.30. The maximum absolute atomic E-state index is 12.0. The molecule has 0 unspecified atom stereocenters. The molecule has 0 fully saturated rings. The zero-order chi connectivity index (χ0) is 19.2. The summed E-state index contributed by atoms with van der Waals surface area (Å²) < 4.78 is 16.2. The van der Waals surface area contributed by atoms with E-state index in [1.807, 2.05) is 50.2 Å². The fourth-order valence-electron chi connectivity index (χ4n) is 2.53. The van der Waals surface area contributed by atoms with Crippen molar-refractivity contribution in [1.82, 2.24) is 5.16 Å². The van der Waals surface area contributed by atoms with E-state index < -0.39 is 0 Å². The molecular weight excluding hydrogens is 366 g/mol. The number of hydrogen-bond acceptors (Lipinski definition) is 5. The van der Waals surface area contributed by atoms with Crippen LogP contribution >= 0.6 is 11.6 Å². The fourth-order valence-corrected chi connectivity index (χ4v) is 2.66. The molecule has 5 nitrogen and oxygen atoms in total. The normalized spacial score (nSPS) is 10.6. The van der Waals surface area contributed by atoms with E-state index in [2.05, 4.69) is 5.16 Å². The summed E-state index contributed by atoms with van der Waals surface area (Å²) >= 11 is 5.84. The van der Waals surface area contributed by atoms with Gasteiger partial charge >= 0.3 is 5.97 Å². The Bertz CT molecular complexity index is 881. The van der Waals surface area contributed by atoms with Crippen molar-refractivity contribution in [1.29, 1.82) is 0 Å². The lowest BCUT2D eigenvalue weighted by Crippen LogP contribution is -2.08. The molecule has 0 N–H and O–H groups in total. The van der Waals surface area contributed by atoms with E-state index in [1.165, 1.54) is 0 Å². The van der Waals surface area contributed by atoms with Crippen LogP contribution in [0.1, 0.15) is 28.1 Å². The van der Waals surface area contributed by atoms with Gasteiger partial charge in [0.15, 0.2) is 0 Å². The molecule has 0 saturated carbocycles. The number of benzene rings is 2. The summed E-state index contributed by atoms with van der Waals surface area (Å²) in [6.07, 6.45) is 0.206. The van der Waals surface area contributed by atoms with Gasteiger partial charge in [0, 0.05) is 5.02 Å². The minimum Gasteiger partial charge on any atom is -0.489 e. The van der Waals surface area contributed by atoms with Crippen molar-refractivity contribution in [3.05, 3.63) is 81.7 Å². The molecule has 1 aromatic heterocycles. The summed E-state index contributed by atoms with van der Waals surface area (Å²) in [5.74, 6) is 1.19. The zero-order valence-corrected chi connectivity index (χ0v) is 16.0. The number of halogens is 1. The van der Waals surface area contributed by atoms with Gasteiger partial charge in [-0.15, -0.1) is 0 Å². The Morgan fingerprint density at radius 1 is 1.00 bits per heavy atom. The van der Waals surface area contributed by atoms with Crippen molar-refractivity contribution in [3.63, 3.8) is 0 Å². The molecule has 0 radical (unpaired) electrons. The standard InChI is InChI=1S/C21H20ClNO4/c1-14-20(15(2)27-23-14)13-25-19-9-5-16(6-10-19)11-21(24)26-12-17-3-7-18(22)8-4-17/h3-10H,11-13H2,1-2H3. The first kappa shape index (κ1) is 19.0. The van der Waals surface area contributed by atoms with Gasteiger partial charge in [-0.2, -0.15) is 0 Å². The van der Waals surface area contributed by atoms with Crippen LogP contribution in [0.3, 0.4) is 0 Å². The molecule has 3 aromatic rings. The number of carbonyl (C=O) groups is 1. The largest absolute Gasteiger partial charge is 0.489 e. The molecule has 3 rings (SSSR count). The molecule has 0 aliphatic carbocycles. The number of ether oxygens (including phenoxy) is 2. The second-order valence-electron chi connectivity index (χ2n) is 6.20. The molecule has 0 saturated heterocycles. The molecule has 1 heterocycles. The van der Waals surface area contributed by atoms with Gasteiger partial charge in [0.25, 0.3) is 0 Å². The van der Waals surface area contributed by atoms with Gasteiger partial charge in [0.2, 0.25) is 0 Å². The summed E-state index contributed by atoms with van der Waals surface area (Å²) in [6.45, 7) is 4.36. The van der Waals surface area contributed by atoms with E-state index in [-0.39, 0.29) is 19.0 Å². The Labute approximate surface area is 162 Å². The maximum atomic E-state index is 12.0. The van der Waals surface area contributed by atoms with Crippen LogP contribution in [0.15, 0.2) is 53.1 Å². The highest BCUT2D eigenvalue weighted by atomic mass is 35.5. The maximum Gasteiger partial charge on any atom is 0.310 e. The van der Waals surface area contributed by atoms with Crippen molar-refractivity contribution >= 4 is 17.6 Å². The number of carbonyl (C=O) groups excluding carboxylic acids is 1. The summed E-state index contributed by atoms with van der Waals surface area (Å²) in [6, 6.07) is 14.6. The Hall–Kier alpha value is -2.79. The summed E-state index contributed by atoms with van der Waals surface area (Å²) in [7, 11) is 0. The van der Waals surface area contributed by atoms with Gasteiger partial charge in [0.1, 0.15) is 24.7 Å². The van der Waals surface area contributed by atoms with Gasteiger partial charge in [-0.1, -0.05) is 41.0 Å². The third-order valence-electron chi connectivity index (χ3n) is 4.15. The molecule has 0 atom stereocenters. The number of hydrogen-bond donors (Lipinski definition) is 0. The summed E-state index contributed by atoms with van der Waals surface area (Å²) in [5, 5.41) is 4.56. The van der Waals surface area contributed by atoms with E-state index in [4.69, 9.17) is 25.6 Å². The predicted octanol–water partition coefficient (Wildman–Crippen LogP) is 4.81. The summed E-state index contributed by atoms with van der Waals surface area (Å²) in [5.41, 5.74) is 3.54. The second-order valence-corrected chi connectivity index (χ2v) is 6.64. The second kappa shape index (κ2) is 8.73. The number of rotatable bonds is 7. The number of aromatic nitrogens is 1. The Kier molecular flexibility index (Phi) is 6.14. The number of esters is 1. The zero-order valence-electron chi connectivity index (χ0n) is 15.2. The number of nitrogens with zero attached hydrogens (tertiary/aromatic N) is 1. The van der Waals surface area contributed by atoms with E-state index >= 15 is 0 Å². The molecule has 0 amide bonds. The Morgan fingerprint density at radius 2 is 1.67 bits per heavy atom. The first-order valence-corrected chi connectivity index (χ1v) is 8.92. The Morgan fingerprint density at radius 3 is 2.30 bits per heavy atom. The molecule has 0 bridgehead atoms. The van der Waals surface area contributed by atoms with Crippen LogP contribution in [-0.4, -0.2) is 11.1 Å². The molecule has 0 spiro atoms. The quantitative estimate of drug-likeness (QED) is 0.546. The first-order chi connectivity index (χ1) is 13.0. The van der Waals surface area contributed by atoms with Crippen molar-refractivity contribution in [3.8, 4) is 5.75 Å². The third-order valence-corrected chi connectivity index (χ3v) is 4.40. The van der Waals surface area contributed by atoms with Crippen LogP contribution < -0.4 is 4.74 Å². The Balaban J connectivity index is 1.48. The monoisotopic (exact) mass is 385 g/mol. The lowest BCUT2D eigenvalue weighted by atomic mass is 10.1. The van der Waals surface area contributed by atoms with Gasteiger partial charge in [-0.05, 0) is 49.2 Å². The summed E-state index contributed by atoms with van der Waals surface area (Å²) in [4.78, 5) is 12.0. The highest BCUT2D eigenvalue weighted by Gasteiger charge is 2.10. The molecule has 27 heavy (non-hydrogen) atoms. The van der Waals surface area contributed by atoms with Crippen LogP contribution in [0.25, 0.3) is 0 Å². The highest BCUT2D eigenvalue weighted by Crippen LogP contribution is 2.18. The van der Waals surface area contributed by atoms with Crippen molar-refractivity contribution in [2.24, 2.45) is 0 Å². The lowest BCUT2D eigenvalue weighted by Gasteiger charge is -2.08. The van der Waals surface area contributed by atoms with E-state index in [0.29, 0.717) is 17.4 Å². The molecule has 140 valence electrons. The van der Waals surface area contributed by atoms with Crippen molar-refractivity contribution in [2.75, 3.05) is 0 Å². The minimum absolute atomic E-state index is 0.206. The predicted molar refractivity (Wildman–Crippen MR) is 102 cm³/mol. The van der Waals surface area contributed by atoms with Crippen molar-refractivity contribution < 1.29 is 18.8 Å². The van der Waals surface area contributed by atoms with E-state index in [1.54, 1.807) is 12.1 Å². The van der Waals surface area contributed by atoms with Crippen LogP contribution in [0.2, 0.25) is 5.02 Å². The van der Waals surface area contributed by atoms with Crippen LogP contribution in [0.4, 0.5) is 0 Å². The SMILES string of the molecule is Cc1noc(C)c1COc1ccc(CC(=O)OCc2ccc(Cl)cc2)cc1. The van der Waals surface area contributed by atoms with Gasteiger partial charge < -0.3 is 14.0 Å². The lowest BCUT2D eigenvalue weighted by molar-refractivity contribution is -0.144. The smallest absolute Gasteiger partial charge is 0.310 e. The van der Waals surface area contributed by atoms with Gasteiger partial charge in [-0.3, -0.25) is 4.79 Å². The minimum atomic E-state index is -0.283. The average Bonchev–Trinajstić information content (AvgIpc) is 2.98. The third kappa shape index (κ3) is 5.34. The van der Waals surface area contributed by atoms with Crippen LogP contribution in [-0.2, 0) is 29.2 Å². The van der Waals surface area contributed by atoms with E-state index in [9.17, 15) is 4.79 Å². The number of aryl methyl sites for hydroxylation is 2. The van der Waals surface area contributed by atoms with Crippen LogP contribution in [0.5, 0.6) is 5.75 Å². The molecule has 2 aromatic carbocycles. The van der Waals surface area contributed by atoms with Crippen LogP contribution in [0, 0.1) is 13.8 Å². The molecule has 0 aliphatic rings. The van der Waals surface area contributed by atoms with E-state index in [0.717, 1.165) is 28.1 Å². The average molecular weight is 386 g/mol. The molecule has 0 aliphatic heterocycles. The van der Waals surface area contributed by atoms with Gasteiger partial charge in [-0.25, -0.2) is 0 Å². The molecular formula is C21H20ClNO4. The van der Waals surface area contributed by atoms with Gasteiger partial charge in [0.05, 0.1) is 17.7 Å². The molecule has 6 heteroatoms. The first-order valence-electron chi connectivity index (χ1n) is 8.55. The van der Waals surface area contributed by atoms with Crippen molar-refractivity contribution in [2.45, 2.75) is 33.5 Å². The topological polar surface area (TPSA) is 61.6 Å². The fraction of sp³-hybridized carbons (Fsp3) is 0.238.